The highest BCUT2D eigenvalue weighted by molar-refractivity contribution is 5.82. The fraction of sp³-hybridized carbons (Fsp3) is 0.667. The Balaban J connectivity index is 1.29. The standard InChI is InChI=1S/C24H37N5O2/c1-25-24(29-15-13-28(14-16-29)23(30)22-10-7-17-31-22)26-18-20-8-3-4-9-21(20)19-27-11-5-2-6-12-27/h3-4,8-9,22H,2,5-7,10-19H2,1H3,(H,25,26). The zero-order valence-corrected chi connectivity index (χ0v) is 18.9. The van der Waals surface area contributed by atoms with Crippen LogP contribution >= 0.6 is 0 Å². The van der Waals surface area contributed by atoms with Crippen molar-refractivity contribution < 1.29 is 9.53 Å². The van der Waals surface area contributed by atoms with Crippen LogP contribution in [0.2, 0.25) is 0 Å². The Morgan fingerprint density at radius 3 is 2.39 bits per heavy atom. The predicted molar refractivity (Wildman–Crippen MR) is 123 cm³/mol. The van der Waals surface area contributed by atoms with Crippen molar-refractivity contribution in [3.63, 3.8) is 0 Å². The monoisotopic (exact) mass is 427 g/mol. The van der Waals surface area contributed by atoms with Crippen molar-refractivity contribution in [2.75, 3.05) is 52.9 Å². The van der Waals surface area contributed by atoms with Gasteiger partial charge in [0.15, 0.2) is 5.96 Å². The van der Waals surface area contributed by atoms with E-state index in [2.05, 4.69) is 44.4 Å². The third-order valence-corrected chi connectivity index (χ3v) is 6.71. The Kier molecular flexibility index (Phi) is 7.81. The summed E-state index contributed by atoms with van der Waals surface area (Å²) in [6, 6.07) is 8.73. The van der Waals surface area contributed by atoms with Crippen LogP contribution in [0.5, 0.6) is 0 Å². The summed E-state index contributed by atoms with van der Waals surface area (Å²) >= 11 is 0. The Hall–Kier alpha value is -2.12. The van der Waals surface area contributed by atoms with Gasteiger partial charge in [0, 0.05) is 52.9 Å². The summed E-state index contributed by atoms with van der Waals surface area (Å²) in [6.45, 7) is 7.98. The molecule has 3 aliphatic heterocycles. The van der Waals surface area contributed by atoms with Crippen LogP contribution in [0.1, 0.15) is 43.2 Å². The Bertz CT molecular complexity index is 748. The molecule has 1 atom stereocenters. The number of piperidine rings is 1. The van der Waals surface area contributed by atoms with Gasteiger partial charge < -0.3 is 19.9 Å². The quantitative estimate of drug-likeness (QED) is 0.576. The van der Waals surface area contributed by atoms with Gasteiger partial charge in [-0.25, -0.2) is 0 Å². The number of nitrogens with zero attached hydrogens (tertiary/aromatic N) is 4. The van der Waals surface area contributed by atoms with E-state index in [1.165, 1.54) is 43.5 Å². The van der Waals surface area contributed by atoms with E-state index in [0.717, 1.165) is 58.1 Å². The van der Waals surface area contributed by atoms with Gasteiger partial charge in [-0.05, 0) is 49.9 Å². The van der Waals surface area contributed by atoms with Crippen LogP contribution in [0.3, 0.4) is 0 Å². The van der Waals surface area contributed by atoms with Gasteiger partial charge in [-0.15, -0.1) is 0 Å². The van der Waals surface area contributed by atoms with E-state index < -0.39 is 0 Å². The highest BCUT2D eigenvalue weighted by Gasteiger charge is 2.30. The first-order valence-corrected chi connectivity index (χ1v) is 11.9. The number of piperazine rings is 1. The summed E-state index contributed by atoms with van der Waals surface area (Å²) < 4.78 is 5.57. The van der Waals surface area contributed by atoms with Crippen LogP contribution in [0.4, 0.5) is 0 Å². The molecule has 1 aromatic rings. The van der Waals surface area contributed by atoms with E-state index >= 15 is 0 Å². The number of guanidine groups is 1. The summed E-state index contributed by atoms with van der Waals surface area (Å²) in [4.78, 5) is 23.9. The van der Waals surface area contributed by atoms with Gasteiger partial charge in [0.05, 0.1) is 0 Å². The molecule has 0 saturated carbocycles. The topological polar surface area (TPSA) is 60.4 Å². The first-order valence-electron chi connectivity index (χ1n) is 11.9. The second kappa shape index (κ2) is 11.0. The summed E-state index contributed by atoms with van der Waals surface area (Å²) in [7, 11) is 1.84. The van der Waals surface area contributed by atoms with Gasteiger partial charge in [0.2, 0.25) is 0 Å². The van der Waals surface area contributed by atoms with Crippen molar-refractivity contribution >= 4 is 11.9 Å². The average molecular weight is 428 g/mol. The predicted octanol–water partition coefficient (Wildman–Crippen LogP) is 2.07. The lowest BCUT2D eigenvalue weighted by Crippen LogP contribution is -2.55. The lowest BCUT2D eigenvalue weighted by Gasteiger charge is -2.37. The molecule has 7 nitrogen and oxygen atoms in total. The molecule has 3 heterocycles. The van der Waals surface area contributed by atoms with Crippen LogP contribution in [0, 0.1) is 0 Å². The van der Waals surface area contributed by atoms with E-state index in [1.807, 2.05) is 11.9 Å². The third-order valence-electron chi connectivity index (χ3n) is 6.71. The van der Waals surface area contributed by atoms with Gasteiger partial charge in [-0.1, -0.05) is 30.7 Å². The van der Waals surface area contributed by atoms with Gasteiger partial charge in [0.25, 0.3) is 5.91 Å². The van der Waals surface area contributed by atoms with Crippen LogP contribution in [-0.4, -0.2) is 85.6 Å². The first-order chi connectivity index (χ1) is 15.2. The molecule has 1 unspecified atom stereocenters. The van der Waals surface area contributed by atoms with Crippen LogP contribution in [0.15, 0.2) is 29.3 Å². The number of carbonyl (C=O) groups excluding carboxylic acids is 1. The van der Waals surface area contributed by atoms with E-state index in [9.17, 15) is 4.79 Å². The molecule has 4 rings (SSSR count). The van der Waals surface area contributed by atoms with Crippen LogP contribution < -0.4 is 5.32 Å². The molecule has 0 spiro atoms. The largest absolute Gasteiger partial charge is 0.368 e. The Morgan fingerprint density at radius 1 is 1.00 bits per heavy atom. The van der Waals surface area contributed by atoms with Crippen molar-refractivity contribution in [2.45, 2.75) is 51.3 Å². The molecule has 0 bridgehead atoms. The molecule has 7 heteroatoms. The molecule has 0 aromatic heterocycles. The molecule has 1 aromatic carbocycles. The molecular formula is C24H37N5O2. The number of rotatable bonds is 5. The smallest absolute Gasteiger partial charge is 0.251 e. The number of hydrogen-bond acceptors (Lipinski definition) is 4. The van der Waals surface area contributed by atoms with E-state index in [-0.39, 0.29) is 12.0 Å². The first kappa shape index (κ1) is 22.1. The van der Waals surface area contributed by atoms with Crippen molar-refractivity contribution in [3.8, 4) is 0 Å². The number of aliphatic imine (C=N–C) groups is 1. The summed E-state index contributed by atoms with van der Waals surface area (Å²) in [5.74, 6) is 1.07. The Morgan fingerprint density at radius 2 is 1.71 bits per heavy atom. The van der Waals surface area contributed by atoms with Crippen molar-refractivity contribution in [1.82, 2.24) is 20.0 Å². The molecule has 1 N–H and O–H groups in total. The van der Waals surface area contributed by atoms with E-state index in [1.54, 1.807) is 0 Å². The number of nitrogens with one attached hydrogen (secondary N) is 1. The van der Waals surface area contributed by atoms with Gasteiger partial charge in [-0.2, -0.15) is 0 Å². The van der Waals surface area contributed by atoms with Crippen molar-refractivity contribution in [2.24, 2.45) is 4.99 Å². The molecule has 3 aliphatic rings. The molecule has 3 saturated heterocycles. The van der Waals surface area contributed by atoms with Gasteiger partial charge in [-0.3, -0.25) is 14.7 Å². The molecule has 0 aliphatic carbocycles. The maximum Gasteiger partial charge on any atom is 0.251 e. The van der Waals surface area contributed by atoms with Crippen LogP contribution in [0.25, 0.3) is 0 Å². The minimum atomic E-state index is -0.222. The average Bonchev–Trinajstić information content (AvgIpc) is 3.36. The number of ether oxygens (including phenoxy) is 1. The number of benzene rings is 1. The molecule has 0 radical (unpaired) electrons. The fourth-order valence-electron chi connectivity index (χ4n) is 4.86. The normalized spacial score (nSPS) is 23.3. The summed E-state index contributed by atoms with van der Waals surface area (Å²) in [5, 5.41) is 3.56. The third kappa shape index (κ3) is 5.77. The minimum Gasteiger partial charge on any atom is -0.368 e. The molecule has 31 heavy (non-hydrogen) atoms. The summed E-state index contributed by atoms with van der Waals surface area (Å²) in [6.07, 6.45) is 5.62. The number of amides is 1. The number of hydrogen-bond donors (Lipinski definition) is 1. The second-order valence-corrected chi connectivity index (χ2v) is 8.82. The molecule has 1 amide bonds. The molecule has 170 valence electrons. The maximum absolute atomic E-state index is 12.6. The minimum absolute atomic E-state index is 0.159. The Labute approximate surface area is 186 Å². The SMILES string of the molecule is CN=C(NCc1ccccc1CN1CCCCC1)N1CCN(C(=O)C2CCCO2)CC1. The van der Waals surface area contributed by atoms with Crippen molar-refractivity contribution in [3.05, 3.63) is 35.4 Å². The highest BCUT2D eigenvalue weighted by atomic mass is 16.5. The zero-order valence-electron chi connectivity index (χ0n) is 18.9. The molecular weight excluding hydrogens is 390 g/mol. The lowest BCUT2D eigenvalue weighted by molar-refractivity contribution is -0.142. The highest BCUT2D eigenvalue weighted by Crippen LogP contribution is 2.17. The number of carbonyl (C=O) groups is 1. The number of likely N-dealkylation sites (tertiary alicyclic amines) is 1. The fourth-order valence-corrected chi connectivity index (χ4v) is 4.86. The second-order valence-electron chi connectivity index (χ2n) is 8.82. The van der Waals surface area contributed by atoms with Gasteiger partial charge in [0.1, 0.15) is 6.10 Å². The van der Waals surface area contributed by atoms with E-state index in [4.69, 9.17) is 4.74 Å². The molecule has 3 fully saturated rings. The van der Waals surface area contributed by atoms with Gasteiger partial charge >= 0.3 is 0 Å². The summed E-state index contributed by atoms with van der Waals surface area (Å²) in [5.41, 5.74) is 2.74. The van der Waals surface area contributed by atoms with Crippen LogP contribution in [-0.2, 0) is 22.6 Å². The van der Waals surface area contributed by atoms with E-state index in [0.29, 0.717) is 6.61 Å². The maximum atomic E-state index is 12.6. The lowest BCUT2D eigenvalue weighted by atomic mass is 10.0. The zero-order chi connectivity index (χ0) is 21.5. The van der Waals surface area contributed by atoms with Crippen molar-refractivity contribution in [1.29, 1.82) is 0 Å².